The lowest BCUT2D eigenvalue weighted by Crippen LogP contribution is -2.46. The maximum absolute atomic E-state index is 5.80. The normalized spacial score (nSPS) is 23.5. The molecule has 1 aliphatic heterocycles. The summed E-state index contributed by atoms with van der Waals surface area (Å²) < 4.78 is 7.80. The Balaban J connectivity index is 2.11. The molecule has 0 unspecified atom stereocenters. The van der Waals surface area contributed by atoms with Gasteiger partial charge in [-0.25, -0.2) is 9.97 Å². The topological polar surface area (TPSA) is 56.1 Å². The Hall–Kier alpha value is -1.69. The lowest BCUT2D eigenvalue weighted by atomic mass is 10.2. The fraction of sp³-hybridized carbons (Fsp3) is 0.643. The van der Waals surface area contributed by atoms with Gasteiger partial charge in [0.05, 0.1) is 17.9 Å². The van der Waals surface area contributed by atoms with Crippen molar-refractivity contribution in [3.8, 4) is 0 Å². The molecule has 1 aliphatic rings. The van der Waals surface area contributed by atoms with E-state index in [4.69, 9.17) is 4.74 Å². The number of hydrogen-bond donors (Lipinski definition) is 0. The van der Waals surface area contributed by atoms with Gasteiger partial charge in [0.1, 0.15) is 17.4 Å². The Morgan fingerprint density at radius 3 is 2.60 bits per heavy atom. The molecule has 2 aromatic rings. The highest BCUT2D eigenvalue weighted by Gasteiger charge is 2.26. The number of aromatic nitrogens is 4. The van der Waals surface area contributed by atoms with Crippen molar-refractivity contribution >= 4 is 16.9 Å². The Bertz CT molecular complexity index is 613. The molecule has 2 aromatic heterocycles. The van der Waals surface area contributed by atoms with Crippen LogP contribution in [0.5, 0.6) is 0 Å². The van der Waals surface area contributed by atoms with Crippen LogP contribution < -0.4 is 4.90 Å². The third-order valence-electron chi connectivity index (χ3n) is 3.69. The molecule has 0 bridgehead atoms. The highest BCUT2D eigenvalue weighted by molar-refractivity contribution is 5.87. The largest absolute Gasteiger partial charge is 0.372 e. The number of anilines is 1. The van der Waals surface area contributed by atoms with Crippen LogP contribution in [0.3, 0.4) is 0 Å². The number of rotatable bonds is 2. The van der Waals surface area contributed by atoms with Gasteiger partial charge in [-0.3, -0.25) is 4.68 Å². The second kappa shape index (κ2) is 5.01. The van der Waals surface area contributed by atoms with E-state index in [0.717, 1.165) is 42.2 Å². The van der Waals surface area contributed by atoms with E-state index in [1.165, 1.54) is 0 Å². The third-order valence-corrected chi connectivity index (χ3v) is 3.69. The van der Waals surface area contributed by atoms with Gasteiger partial charge >= 0.3 is 0 Å². The smallest absolute Gasteiger partial charge is 0.158 e. The van der Waals surface area contributed by atoms with E-state index in [2.05, 4.69) is 40.7 Å². The van der Waals surface area contributed by atoms with Gasteiger partial charge in [0.15, 0.2) is 5.82 Å². The Kier molecular flexibility index (Phi) is 3.33. The number of morpholine rings is 1. The molecule has 1 fully saturated rings. The average molecular weight is 275 g/mol. The molecule has 3 heterocycles. The summed E-state index contributed by atoms with van der Waals surface area (Å²) in [5.41, 5.74) is 2.94. The van der Waals surface area contributed by atoms with Crippen molar-refractivity contribution in [3.63, 3.8) is 0 Å². The maximum atomic E-state index is 5.80. The van der Waals surface area contributed by atoms with Crippen molar-refractivity contribution in [2.24, 2.45) is 0 Å². The van der Waals surface area contributed by atoms with Gasteiger partial charge in [-0.05, 0) is 27.7 Å². The van der Waals surface area contributed by atoms with Gasteiger partial charge in [0.25, 0.3) is 0 Å². The van der Waals surface area contributed by atoms with Gasteiger partial charge in [-0.15, -0.1) is 0 Å². The quantitative estimate of drug-likeness (QED) is 0.836. The highest BCUT2D eigenvalue weighted by atomic mass is 16.5. The molecule has 20 heavy (non-hydrogen) atoms. The van der Waals surface area contributed by atoms with Crippen LogP contribution in [-0.4, -0.2) is 45.0 Å². The molecule has 6 nitrogen and oxygen atoms in total. The highest BCUT2D eigenvalue weighted by Crippen LogP contribution is 2.27. The van der Waals surface area contributed by atoms with Crippen LogP contribution in [0.4, 0.5) is 5.82 Å². The van der Waals surface area contributed by atoms with Gasteiger partial charge in [-0.2, -0.15) is 5.10 Å². The summed E-state index contributed by atoms with van der Waals surface area (Å²) in [6.07, 6.45) is 2.06. The SMILES string of the molecule is CCn1nc(C)c2ncnc(N3C[C@@H](C)O[C@H](C)C3)c21. The first-order chi connectivity index (χ1) is 9.60. The number of hydrogen-bond acceptors (Lipinski definition) is 5. The van der Waals surface area contributed by atoms with Crippen LogP contribution in [0.2, 0.25) is 0 Å². The first kappa shape index (κ1) is 13.3. The van der Waals surface area contributed by atoms with Gasteiger partial charge in [0.2, 0.25) is 0 Å². The molecule has 108 valence electrons. The minimum absolute atomic E-state index is 0.211. The summed E-state index contributed by atoms with van der Waals surface area (Å²) >= 11 is 0. The monoisotopic (exact) mass is 275 g/mol. The molecule has 0 aromatic carbocycles. The summed E-state index contributed by atoms with van der Waals surface area (Å²) in [6.45, 7) is 10.8. The van der Waals surface area contributed by atoms with E-state index >= 15 is 0 Å². The molecule has 0 amide bonds. The van der Waals surface area contributed by atoms with Crippen LogP contribution in [0, 0.1) is 6.92 Å². The second-order valence-corrected chi connectivity index (χ2v) is 5.46. The number of nitrogens with zero attached hydrogens (tertiary/aromatic N) is 5. The van der Waals surface area contributed by atoms with Crippen LogP contribution in [-0.2, 0) is 11.3 Å². The van der Waals surface area contributed by atoms with E-state index in [1.54, 1.807) is 6.33 Å². The van der Waals surface area contributed by atoms with Gasteiger partial charge in [-0.1, -0.05) is 0 Å². The van der Waals surface area contributed by atoms with E-state index in [9.17, 15) is 0 Å². The summed E-state index contributed by atoms with van der Waals surface area (Å²) in [6, 6.07) is 0. The molecule has 1 saturated heterocycles. The predicted molar refractivity (Wildman–Crippen MR) is 78.0 cm³/mol. The molecule has 0 spiro atoms. The first-order valence-corrected chi connectivity index (χ1v) is 7.18. The van der Waals surface area contributed by atoms with Crippen molar-refractivity contribution in [1.82, 2.24) is 19.7 Å². The van der Waals surface area contributed by atoms with Crippen LogP contribution >= 0.6 is 0 Å². The molecule has 2 atom stereocenters. The number of aryl methyl sites for hydroxylation is 2. The number of fused-ring (bicyclic) bond motifs is 1. The molecule has 0 saturated carbocycles. The summed E-state index contributed by atoms with van der Waals surface area (Å²) in [4.78, 5) is 11.2. The van der Waals surface area contributed by atoms with E-state index < -0.39 is 0 Å². The second-order valence-electron chi connectivity index (χ2n) is 5.46. The Labute approximate surface area is 118 Å². The average Bonchev–Trinajstić information content (AvgIpc) is 2.74. The minimum Gasteiger partial charge on any atom is -0.372 e. The third kappa shape index (κ3) is 2.14. The van der Waals surface area contributed by atoms with E-state index in [0.29, 0.717) is 0 Å². The van der Waals surface area contributed by atoms with Crippen LogP contribution in [0.15, 0.2) is 6.33 Å². The zero-order chi connectivity index (χ0) is 14.3. The van der Waals surface area contributed by atoms with Gasteiger partial charge < -0.3 is 9.64 Å². The molecule has 0 radical (unpaired) electrons. The van der Waals surface area contributed by atoms with Crippen LogP contribution in [0.1, 0.15) is 26.5 Å². The minimum atomic E-state index is 0.211. The molecule has 6 heteroatoms. The van der Waals surface area contributed by atoms with Crippen molar-refractivity contribution in [2.75, 3.05) is 18.0 Å². The van der Waals surface area contributed by atoms with Crippen molar-refractivity contribution in [2.45, 2.75) is 46.4 Å². The molecule has 0 N–H and O–H groups in total. The fourth-order valence-electron chi connectivity index (χ4n) is 2.96. The first-order valence-electron chi connectivity index (χ1n) is 7.18. The number of ether oxygens (including phenoxy) is 1. The Morgan fingerprint density at radius 1 is 1.25 bits per heavy atom. The fourth-order valence-corrected chi connectivity index (χ4v) is 2.96. The van der Waals surface area contributed by atoms with E-state index in [-0.39, 0.29) is 12.2 Å². The van der Waals surface area contributed by atoms with Crippen molar-refractivity contribution < 1.29 is 4.74 Å². The summed E-state index contributed by atoms with van der Waals surface area (Å²) in [5.74, 6) is 0.972. The molecular weight excluding hydrogens is 254 g/mol. The van der Waals surface area contributed by atoms with Crippen LogP contribution in [0.25, 0.3) is 11.0 Å². The van der Waals surface area contributed by atoms with Crippen molar-refractivity contribution in [1.29, 1.82) is 0 Å². The molecular formula is C14H21N5O. The standard InChI is InChI=1S/C14H21N5O/c1-5-19-13-12(11(4)17-19)15-8-16-14(13)18-6-9(2)20-10(3)7-18/h8-10H,5-7H2,1-4H3/t9-,10-/m1/s1. The zero-order valence-electron chi connectivity index (χ0n) is 12.5. The summed E-state index contributed by atoms with van der Waals surface area (Å²) in [5, 5.41) is 4.56. The Morgan fingerprint density at radius 2 is 1.95 bits per heavy atom. The maximum Gasteiger partial charge on any atom is 0.158 e. The lowest BCUT2D eigenvalue weighted by molar-refractivity contribution is -0.00539. The van der Waals surface area contributed by atoms with Gasteiger partial charge in [0, 0.05) is 19.6 Å². The zero-order valence-corrected chi connectivity index (χ0v) is 12.5. The van der Waals surface area contributed by atoms with Crippen molar-refractivity contribution in [3.05, 3.63) is 12.0 Å². The molecule has 0 aliphatic carbocycles. The predicted octanol–water partition coefficient (Wildman–Crippen LogP) is 1.77. The molecule has 3 rings (SSSR count). The lowest BCUT2D eigenvalue weighted by Gasteiger charge is -2.36. The summed E-state index contributed by atoms with van der Waals surface area (Å²) in [7, 11) is 0. The van der Waals surface area contributed by atoms with E-state index in [1.807, 2.05) is 11.6 Å².